The summed E-state index contributed by atoms with van der Waals surface area (Å²) in [5.41, 5.74) is 4.93. The van der Waals surface area contributed by atoms with Gasteiger partial charge in [-0.15, -0.1) is 11.3 Å². The average Bonchev–Trinajstić information content (AvgIpc) is 3.61. The number of rotatable bonds is 6. The molecule has 38 heavy (non-hydrogen) atoms. The zero-order valence-electron chi connectivity index (χ0n) is 21.0. The number of benzene rings is 3. The van der Waals surface area contributed by atoms with E-state index in [1.165, 1.54) is 0 Å². The average molecular weight is 519 g/mol. The summed E-state index contributed by atoms with van der Waals surface area (Å²) in [5.74, 6) is -0.745. The summed E-state index contributed by atoms with van der Waals surface area (Å²) in [5, 5.41) is 4.84. The Morgan fingerprint density at radius 2 is 1.74 bits per heavy atom. The predicted octanol–water partition coefficient (Wildman–Crippen LogP) is 7.15. The van der Waals surface area contributed by atoms with Crippen LogP contribution in [0.1, 0.15) is 39.8 Å². The van der Waals surface area contributed by atoms with Crippen molar-refractivity contribution in [3.8, 4) is 0 Å². The molecule has 5 aromatic rings. The molecule has 0 saturated carbocycles. The molecule has 0 atom stereocenters. The van der Waals surface area contributed by atoms with Crippen molar-refractivity contribution < 1.29 is 14.3 Å². The predicted molar refractivity (Wildman–Crippen MR) is 155 cm³/mol. The lowest BCUT2D eigenvalue weighted by Gasteiger charge is -2.23. The number of aromatic nitrogens is 1. The number of ether oxygens (including phenoxy) is 1. The Bertz CT molecular complexity index is 1700. The van der Waals surface area contributed by atoms with Crippen molar-refractivity contribution in [3.63, 3.8) is 0 Å². The Morgan fingerprint density at radius 3 is 2.55 bits per heavy atom. The molecule has 0 spiro atoms. The molecule has 1 amide bonds. The van der Waals surface area contributed by atoms with E-state index in [0.29, 0.717) is 18.5 Å². The molecular weight excluding hydrogens is 492 g/mol. The smallest absolute Gasteiger partial charge is 0.339 e. The second-order valence-corrected chi connectivity index (χ2v) is 10.2. The maximum atomic E-state index is 13.6. The Balaban J connectivity index is 1.30. The van der Waals surface area contributed by atoms with Gasteiger partial charge in [0.1, 0.15) is 0 Å². The molecule has 0 bridgehead atoms. The molecular formula is C32H26N2O3S. The van der Waals surface area contributed by atoms with Crippen molar-refractivity contribution in [2.45, 2.75) is 19.8 Å². The summed E-state index contributed by atoms with van der Waals surface area (Å²) >= 11 is 1.68. The largest absolute Gasteiger partial charge is 0.452 e. The highest BCUT2D eigenvalue weighted by molar-refractivity contribution is 7.10. The van der Waals surface area contributed by atoms with Crippen LogP contribution in [-0.4, -0.2) is 30.0 Å². The number of esters is 1. The monoisotopic (exact) mass is 518 g/mol. The van der Waals surface area contributed by atoms with Gasteiger partial charge in [0.2, 0.25) is 0 Å². The standard InChI is InChI=1S/C32H26N2O3S/c1-2-34(28-15-7-10-21-9-3-4-12-24(21)28)29(35)20-37-32(36)30-25-13-5-6-14-27(25)33-31-22(16-17-26(30)31)19-23-11-8-18-38-23/h3-15,18-19H,2,16-17,20H2,1H3. The van der Waals surface area contributed by atoms with Crippen LogP contribution in [0.4, 0.5) is 5.69 Å². The first-order chi connectivity index (χ1) is 18.6. The second-order valence-electron chi connectivity index (χ2n) is 9.23. The molecule has 1 aliphatic rings. The van der Waals surface area contributed by atoms with Crippen LogP contribution in [0.25, 0.3) is 33.3 Å². The molecule has 0 N–H and O–H groups in total. The van der Waals surface area contributed by atoms with Gasteiger partial charge in [0.25, 0.3) is 5.91 Å². The van der Waals surface area contributed by atoms with E-state index in [9.17, 15) is 9.59 Å². The minimum absolute atomic E-state index is 0.259. The summed E-state index contributed by atoms with van der Waals surface area (Å²) in [6.45, 7) is 2.06. The summed E-state index contributed by atoms with van der Waals surface area (Å²) in [6.07, 6.45) is 3.67. The first-order valence-electron chi connectivity index (χ1n) is 12.8. The van der Waals surface area contributed by atoms with Crippen LogP contribution in [0.5, 0.6) is 0 Å². The van der Waals surface area contributed by atoms with Crippen molar-refractivity contribution in [3.05, 3.63) is 106 Å². The number of likely N-dealkylation sites (N-methyl/N-ethyl adjacent to an activating group) is 1. The van der Waals surface area contributed by atoms with Gasteiger partial charge in [-0.2, -0.15) is 0 Å². The first-order valence-corrected chi connectivity index (χ1v) is 13.6. The van der Waals surface area contributed by atoms with Gasteiger partial charge in [-0.1, -0.05) is 60.7 Å². The molecule has 188 valence electrons. The highest BCUT2D eigenvalue weighted by Gasteiger charge is 2.28. The van der Waals surface area contributed by atoms with E-state index >= 15 is 0 Å². The summed E-state index contributed by atoms with van der Waals surface area (Å²) in [4.78, 5) is 34.6. The lowest BCUT2D eigenvalue weighted by molar-refractivity contribution is -0.121. The van der Waals surface area contributed by atoms with Crippen LogP contribution in [0.2, 0.25) is 0 Å². The molecule has 2 aromatic heterocycles. The second kappa shape index (κ2) is 10.2. The number of carbonyl (C=O) groups is 2. The van der Waals surface area contributed by atoms with E-state index in [4.69, 9.17) is 9.72 Å². The van der Waals surface area contributed by atoms with Gasteiger partial charge in [0.15, 0.2) is 6.61 Å². The van der Waals surface area contributed by atoms with Crippen LogP contribution in [0.3, 0.4) is 0 Å². The third-order valence-corrected chi connectivity index (χ3v) is 7.83. The molecule has 0 unspecified atom stereocenters. The Hall–Kier alpha value is -4.29. The Morgan fingerprint density at radius 1 is 0.947 bits per heavy atom. The Kier molecular flexibility index (Phi) is 6.48. The lowest BCUT2D eigenvalue weighted by Crippen LogP contribution is -2.34. The van der Waals surface area contributed by atoms with Crippen LogP contribution < -0.4 is 4.90 Å². The number of nitrogens with zero attached hydrogens (tertiary/aromatic N) is 2. The van der Waals surface area contributed by atoms with Gasteiger partial charge >= 0.3 is 5.97 Å². The number of para-hydroxylation sites is 1. The van der Waals surface area contributed by atoms with Crippen LogP contribution >= 0.6 is 11.3 Å². The minimum atomic E-state index is -0.487. The molecule has 0 saturated heterocycles. The van der Waals surface area contributed by atoms with E-state index in [1.807, 2.05) is 85.1 Å². The van der Waals surface area contributed by atoms with Crippen molar-refractivity contribution in [2.24, 2.45) is 0 Å². The fourth-order valence-electron chi connectivity index (χ4n) is 5.26. The maximum Gasteiger partial charge on any atom is 0.339 e. The number of amides is 1. The summed E-state index contributed by atoms with van der Waals surface area (Å²) in [7, 11) is 0. The van der Waals surface area contributed by atoms with E-state index in [-0.39, 0.29) is 12.5 Å². The molecule has 0 aliphatic heterocycles. The van der Waals surface area contributed by atoms with Crippen LogP contribution in [-0.2, 0) is 16.0 Å². The molecule has 1 aliphatic carbocycles. The summed E-state index contributed by atoms with van der Waals surface area (Å²) in [6, 6.07) is 25.6. The highest BCUT2D eigenvalue weighted by atomic mass is 32.1. The number of hydrogen-bond acceptors (Lipinski definition) is 5. The SMILES string of the molecule is CCN(C(=O)COC(=O)c1c2c(nc3ccccc13)C(=Cc1cccs1)CC2)c1cccc2ccccc12. The van der Waals surface area contributed by atoms with E-state index in [0.717, 1.165) is 55.5 Å². The van der Waals surface area contributed by atoms with Gasteiger partial charge in [0.05, 0.1) is 22.5 Å². The number of hydrogen-bond donors (Lipinski definition) is 0. The zero-order chi connectivity index (χ0) is 26.1. The molecule has 6 heteroatoms. The van der Waals surface area contributed by atoms with Gasteiger partial charge < -0.3 is 9.64 Å². The molecule has 0 fully saturated rings. The van der Waals surface area contributed by atoms with Crippen molar-refractivity contribution in [2.75, 3.05) is 18.1 Å². The molecule has 5 nitrogen and oxygen atoms in total. The topological polar surface area (TPSA) is 59.5 Å². The summed E-state index contributed by atoms with van der Waals surface area (Å²) < 4.78 is 5.71. The molecule has 0 radical (unpaired) electrons. The number of pyridine rings is 1. The van der Waals surface area contributed by atoms with E-state index < -0.39 is 5.97 Å². The van der Waals surface area contributed by atoms with Gasteiger partial charge in [-0.25, -0.2) is 9.78 Å². The lowest BCUT2D eigenvalue weighted by atomic mass is 10.0. The normalized spacial score (nSPS) is 13.7. The molecule has 3 aromatic carbocycles. The maximum absolute atomic E-state index is 13.6. The number of anilines is 1. The first kappa shape index (κ1) is 24.1. The van der Waals surface area contributed by atoms with Gasteiger partial charge in [-0.05, 0) is 65.9 Å². The third kappa shape index (κ3) is 4.37. The minimum Gasteiger partial charge on any atom is -0.452 e. The van der Waals surface area contributed by atoms with Crippen molar-refractivity contribution in [1.29, 1.82) is 0 Å². The fourth-order valence-corrected chi connectivity index (χ4v) is 5.94. The fraction of sp³-hybridized carbons (Fsp3) is 0.156. The van der Waals surface area contributed by atoms with E-state index in [1.54, 1.807) is 16.2 Å². The number of allylic oxidation sites excluding steroid dienone is 1. The third-order valence-electron chi connectivity index (χ3n) is 7.01. The van der Waals surface area contributed by atoms with Crippen molar-refractivity contribution >= 4 is 62.2 Å². The number of carbonyl (C=O) groups excluding carboxylic acids is 2. The molecule has 6 rings (SSSR count). The van der Waals surface area contributed by atoms with Crippen LogP contribution in [0.15, 0.2) is 84.2 Å². The van der Waals surface area contributed by atoms with Crippen LogP contribution in [0, 0.1) is 0 Å². The van der Waals surface area contributed by atoms with Crippen molar-refractivity contribution in [1.82, 2.24) is 4.98 Å². The zero-order valence-corrected chi connectivity index (χ0v) is 21.8. The quantitative estimate of drug-likeness (QED) is 0.224. The number of thiophene rings is 1. The van der Waals surface area contributed by atoms with Gasteiger partial charge in [0, 0.05) is 22.2 Å². The van der Waals surface area contributed by atoms with Gasteiger partial charge in [-0.3, -0.25) is 4.79 Å². The highest BCUT2D eigenvalue weighted by Crippen LogP contribution is 2.38. The Labute approximate surface area is 225 Å². The number of fused-ring (bicyclic) bond motifs is 3. The molecule has 2 heterocycles. The van der Waals surface area contributed by atoms with E-state index in [2.05, 4.69) is 12.1 Å².